The van der Waals surface area contributed by atoms with E-state index in [2.05, 4.69) is 0 Å². The molecule has 0 fully saturated rings. The van der Waals surface area contributed by atoms with E-state index in [0.717, 1.165) is 15.3 Å². The van der Waals surface area contributed by atoms with Crippen molar-refractivity contribution >= 4 is 27.3 Å². The van der Waals surface area contributed by atoms with Gasteiger partial charge in [0.15, 0.2) is 0 Å². The number of thiophene rings is 1. The zero-order valence-corrected chi connectivity index (χ0v) is 16.1. The summed E-state index contributed by atoms with van der Waals surface area (Å²) >= 11 is 1.46. The van der Waals surface area contributed by atoms with Crippen LogP contribution < -0.4 is 0 Å². The van der Waals surface area contributed by atoms with Gasteiger partial charge in [-0.2, -0.15) is 4.31 Å². The highest BCUT2D eigenvalue weighted by molar-refractivity contribution is 7.89. The molecule has 1 atom stereocenters. The highest BCUT2D eigenvalue weighted by Crippen LogP contribution is 2.42. The highest BCUT2D eigenvalue weighted by Gasteiger charge is 2.45. The number of carbonyl (C=O) groups excluding carboxylic acids is 1. The lowest BCUT2D eigenvalue weighted by molar-refractivity contribution is -0.149. The Morgan fingerprint density at radius 1 is 1.28 bits per heavy atom. The Morgan fingerprint density at radius 2 is 1.96 bits per heavy atom. The number of carbonyl (C=O) groups is 1. The van der Waals surface area contributed by atoms with Gasteiger partial charge in [-0.3, -0.25) is 4.79 Å². The number of benzene rings is 1. The molecule has 0 saturated heterocycles. The SMILES string of the molecule is CCOC(=O)C(C(C)C)N1Cc2sc(-c3ccccc3)cc2S1(=O)=O. The van der Waals surface area contributed by atoms with Crippen LogP contribution in [-0.2, 0) is 26.1 Å². The first-order valence-corrected chi connectivity index (χ1v) is 10.5. The molecule has 25 heavy (non-hydrogen) atoms. The molecule has 7 heteroatoms. The van der Waals surface area contributed by atoms with E-state index in [1.54, 1.807) is 13.0 Å². The molecule has 5 nitrogen and oxygen atoms in total. The molecule has 0 saturated carbocycles. The van der Waals surface area contributed by atoms with Gasteiger partial charge in [-0.1, -0.05) is 44.2 Å². The van der Waals surface area contributed by atoms with Crippen LogP contribution in [0.3, 0.4) is 0 Å². The number of ether oxygens (including phenoxy) is 1. The van der Waals surface area contributed by atoms with Crippen LogP contribution in [0.15, 0.2) is 41.3 Å². The van der Waals surface area contributed by atoms with Crippen molar-refractivity contribution in [3.63, 3.8) is 0 Å². The van der Waals surface area contributed by atoms with E-state index in [9.17, 15) is 13.2 Å². The number of rotatable bonds is 5. The summed E-state index contributed by atoms with van der Waals surface area (Å²) in [7, 11) is -3.70. The quantitative estimate of drug-likeness (QED) is 0.746. The molecular weight excluding hydrogens is 358 g/mol. The molecule has 1 unspecified atom stereocenters. The fourth-order valence-corrected chi connectivity index (χ4v) is 6.49. The van der Waals surface area contributed by atoms with E-state index in [1.807, 2.05) is 44.2 Å². The number of sulfonamides is 1. The topological polar surface area (TPSA) is 63.7 Å². The van der Waals surface area contributed by atoms with Gasteiger partial charge in [0.25, 0.3) is 0 Å². The first-order valence-electron chi connectivity index (χ1n) is 8.23. The van der Waals surface area contributed by atoms with Crippen molar-refractivity contribution in [2.45, 2.75) is 38.3 Å². The molecule has 134 valence electrons. The van der Waals surface area contributed by atoms with E-state index in [1.165, 1.54) is 15.6 Å². The normalized spacial score (nSPS) is 17.4. The predicted octanol–water partition coefficient (Wildman–Crippen LogP) is 3.51. The first-order chi connectivity index (χ1) is 11.9. The molecule has 1 aromatic carbocycles. The maximum atomic E-state index is 13.0. The van der Waals surface area contributed by atoms with E-state index >= 15 is 0 Å². The zero-order chi connectivity index (χ0) is 18.2. The molecule has 2 aromatic rings. The van der Waals surface area contributed by atoms with Crippen LogP contribution in [0.5, 0.6) is 0 Å². The van der Waals surface area contributed by atoms with Gasteiger partial charge >= 0.3 is 5.97 Å². The molecule has 0 aliphatic carbocycles. The summed E-state index contributed by atoms with van der Waals surface area (Å²) in [5, 5.41) is 0. The molecular formula is C18H21NO4S2. The van der Waals surface area contributed by atoms with Crippen LogP contribution in [0.25, 0.3) is 10.4 Å². The Kier molecular flexibility index (Phi) is 4.99. The number of esters is 1. The second kappa shape index (κ2) is 6.90. The van der Waals surface area contributed by atoms with E-state index in [0.29, 0.717) is 4.90 Å². The monoisotopic (exact) mass is 379 g/mol. The molecule has 2 heterocycles. The van der Waals surface area contributed by atoms with Crippen molar-refractivity contribution in [2.24, 2.45) is 5.92 Å². The smallest absolute Gasteiger partial charge is 0.324 e. The standard InChI is InChI=1S/C18H21NO4S2/c1-4-23-18(20)17(12(2)3)19-11-15-16(25(19,21)22)10-14(24-15)13-8-6-5-7-9-13/h5-10,12,17H,4,11H2,1-3H3. The van der Waals surface area contributed by atoms with Crippen molar-refractivity contribution in [2.75, 3.05) is 6.61 Å². The van der Waals surface area contributed by atoms with E-state index in [-0.39, 0.29) is 19.1 Å². The van der Waals surface area contributed by atoms with Crippen LogP contribution >= 0.6 is 11.3 Å². The van der Waals surface area contributed by atoms with Crippen molar-refractivity contribution in [1.82, 2.24) is 4.31 Å². The number of fused-ring (bicyclic) bond motifs is 1. The molecule has 1 aromatic heterocycles. The fraction of sp³-hybridized carbons (Fsp3) is 0.389. The molecule has 0 radical (unpaired) electrons. The summed E-state index contributed by atoms with van der Waals surface area (Å²) in [4.78, 5) is 14.3. The molecule has 0 spiro atoms. The highest BCUT2D eigenvalue weighted by atomic mass is 32.2. The Balaban J connectivity index is 1.96. The Hall–Kier alpha value is -1.70. The molecule has 1 aliphatic heterocycles. The minimum Gasteiger partial charge on any atom is -0.465 e. The van der Waals surface area contributed by atoms with Crippen LogP contribution in [-0.4, -0.2) is 31.3 Å². The minimum atomic E-state index is -3.70. The van der Waals surface area contributed by atoms with Crippen LogP contribution in [0, 0.1) is 5.92 Å². The van der Waals surface area contributed by atoms with Gasteiger partial charge in [-0.25, -0.2) is 8.42 Å². The summed E-state index contributed by atoms with van der Waals surface area (Å²) in [5.41, 5.74) is 0.995. The number of hydrogen-bond donors (Lipinski definition) is 0. The van der Waals surface area contributed by atoms with E-state index < -0.39 is 22.0 Å². The lowest BCUT2D eigenvalue weighted by atomic mass is 10.0. The second-order valence-electron chi connectivity index (χ2n) is 6.26. The van der Waals surface area contributed by atoms with Gasteiger partial charge in [0.05, 0.1) is 18.0 Å². The van der Waals surface area contributed by atoms with Gasteiger partial charge in [0, 0.05) is 9.75 Å². The third kappa shape index (κ3) is 3.23. The van der Waals surface area contributed by atoms with Gasteiger partial charge in [0.1, 0.15) is 6.04 Å². The lowest BCUT2D eigenvalue weighted by Crippen LogP contribution is -2.45. The van der Waals surface area contributed by atoms with Gasteiger partial charge in [0.2, 0.25) is 10.0 Å². The van der Waals surface area contributed by atoms with Crippen molar-refractivity contribution in [3.8, 4) is 10.4 Å². The summed E-state index contributed by atoms with van der Waals surface area (Å²) < 4.78 is 32.4. The summed E-state index contributed by atoms with van der Waals surface area (Å²) in [6, 6.07) is 10.6. The van der Waals surface area contributed by atoms with Gasteiger partial charge in [-0.05, 0) is 24.5 Å². The van der Waals surface area contributed by atoms with Crippen LogP contribution in [0.2, 0.25) is 0 Å². The molecule has 0 bridgehead atoms. The Bertz CT molecular complexity index is 872. The zero-order valence-electron chi connectivity index (χ0n) is 14.4. The molecule has 0 N–H and O–H groups in total. The predicted molar refractivity (Wildman–Crippen MR) is 97.7 cm³/mol. The largest absolute Gasteiger partial charge is 0.465 e. The van der Waals surface area contributed by atoms with Crippen LogP contribution in [0.4, 0.5) is 0 Å². The molecule has 3 rings (SSSR count). The fourth-order valence-electron chi connectivity index (χ4n) is 3.04. The van der Waals surface area contributed by atoms with Crippen molar-refractivity contribution in [3.05, 3.63) is 41.3 Å². The average Bonchev–Trinajstić information content (AvgIpc) is 3.08. The van der Waals surface area contributed by atoms with Gasteiger partial charge < -0.3 is 4.74 Å². The van der Waals surface area contributed by atoms with Crippen LogP contribution in [0.1, 0.15) is 25.6 Å². The van der Waals surface area contributed by atoms with Crippen molar-refractivity contribution < 1.29 is 17.9 Å². The number of hydrogen-bond acceptors (Lipinski definition) is 5. The third-order valence-electron chi connectivity index (χ3n) is 4.18. The maximum Gasteiger partial charge on any atom is 0.324 e. The van der Waals surface area contributed by atoms with Gasteiger partial charge in [-0.15, -0.1) is 11.3 Å². The Labute approximate surface area is 152 Å². The minimum absolute atomic E-state index is 0.170. The van der Waals surface area contributed by atoms with Crippen molar-refractivity contribution in [1.29, 1.82) is 0 Å². The number of nitrogens with zero attached hydrogens (tertiary/aromatic N) is 1. The molecule has 0 amide bonds. The second-order valence-corrected chi connectivity index (χ2v) is 9.25. The Morgan fingerprint density at radius 3 is 2.52 bits per heavy atom. The summed E-state index contributed by atoms with van der Waals surface area (Å²) in [6.45, 7) is 5.83. The lowest BCUT2D eigenvalue weighted by Gasteiger charge is -2.27. The van der Waals surface area contributed by atoms with E-state index in [4.69, 9.17) is 4.74 Å². The third-order valence-corrected chi connectivity index (χ3v) is 7.38. The summed E-state index contributed by atoms with van der Waals surface area (Å²) in [5.74, 6) is -0.657. The molecule has 1 aliphatic rings. The average molecular weight is 380 g/mol. The summed E-state index contributed by atoms with van der Waals surface area (Å²) in [6.07, 6.45) is 0. The maximum absolute atomic E-state index is 13.0. The first kappa shape index (κ1) is 18.1.